The van der Waals surface area contributed by atoms with E-state index in [9.17, 15) is 0 Å². The van der Waals surface area contributed by atoms with E-state index in [1.54, 1.807) is 7.11 Å². The summed E-state index contributed by atoms with van der Waals surface area (Å²) in [6.45, 7) is 2.09. The first kappa shape index (κ1) is 9.48. The third-order valence-corrected chi connectivity index (χ3v) is 4.18. The molecule has 0 bridgehead atoms. The Bertz CT molecular complexity index is 206. The van der Waals surface area contributed by atoms with Gasteiger partial charge in [-0.2, -0.15) is 0 Å². The zero-order valence-corrected chi connectivity index (χ0v) is 8.81. The third kappa shape index (κ3) is 2.79. The van der Waals surface area contributed by atoms with Crippen LogP contribution in [0.1, 0.15) is 12.5 Å². The van der Waals surface area contributed by atoms with Crippen LogP contribution in [0.15, 0.2) is 30.3 Å². The summed E-state index contributed by atoms with van der Waals surface area (Å²) in [7, 11) is 0.762. The molecule has 1 nitrogen and oxygen atoms in total. The summed E-state index contributed by atoms with van der Waals surface area (Å²) in [4.78, 5) is 0. The average molecular weight is 179 g/mol. The third-order valence-electron chi connectivity index (χ3n) is 1.95. The first-order valence-electron chi connectivity index (χ1n) is 4.23. The molecule has 0 spiro atoms. The molecule has 0 N–H and O–H groups in total. The first-order chi connectivity index (χ1) is 5.86. The minimum atomic E-state index is -1.04. The molecule has 0 aliphatic carbocycles. The lowest BCUT2D eigenvalue weighted by Crippen LogP contribution is -2.19. The van der Waals surface area contributed by atoms with Gasteiger partial charge in [0, 0.05) is 7.11 Å². The van der Waals surface area contributed by atoms with Gasteiger partial charge in [-0.25, -0.2) is 0 Å². The van der Waals surface area contributed by atoms with Crippen LogP contribution in [0.2, 0.25) is 0 Å². The maximum absolute atomic E-state index is 5.39. The van der Waals surface area contributed by atoms with Crippen molar-refractivity contribution in [1.29, 1.82) is 0 Å². The number of hydrogen-bond acceptors (Lipinski definition) is 1. The molecule has 1 atom stereocenters. The van der Waals surface area contributed by atoms with Crippen LogP contribution < -0.4 is 0 Å². The van der Waals surface area contributed by atoms with Crippen LogP contribution in [0.5, 0.6) is 0 Å². The van der Waals surface area contributed by atoms with E-state index in [1.165, 1.54) is 5.56 Å². The molecule has 0 aromatic heterocycles. The lowest BCUT2D eigenvalue weighted by Gasteiger charge is -2.09. The number of hydrogen-bond donors (Lipinski definition) is 0. The molecule has 0 amide bonds. The summed E-state index contributed by atoms with van der Waals surface area (Å²) in [5.41, 5.74) is 1.38. The predicted octanol–water partition coefficient (Wildman–Crippen LogP) is 1.90. The number of benzene rings is 1. The molecule has 0 saturated carbocycles. The van der Waals surface area contributed by atoms with E-state index < -0.39 is 9.04 Å². The van der Waals surface area contributed by atoms with Crippen LogP contribution in [0.25, 0.3) is 0 Å². The van der Waals surface area contributed by atoms with Crippen molar-refractivity contribution in [2.75, 3.05) is 7.11 Å². The monoisotopic (exact) mass is 179 g/mol. The Balaban J connectivity index is 2.51. The van der Waals surface area contributed by atoms with Crippen LogP contribution in [0, 0.1) is 6.04 Å². The molecule has 0 aliphatic rings. The van der Waals surface area contributed by atoms with Crippen molar-refractivity contribution >= 4 is 9.04 Å². The van der Waals surface area contributed by atoms with Crippen LogP contribution in [0.3, 0.4) is 0 Å². The van der Waals surface area contributed by atoms with Crippen LogP contribution in [-0.2, 0) is 10.5 Å². The molecule has 0 saturated heterocycles. The van der Waals surface area contributed by atoms with E-state index in [0.29, 0.717) is 0 Å². The number of rotatable bonds is 4. The van der Waals surface area contributed by atoms with Gasteiger partial charge in [0.2, 0.25) is 0 Å². The molecule has 0 fully saturated rings. The van der Waals surface area contributed by atoms with Crippen molar-refractivity contribution in [2.45, 2.75) is 13.0 Å². The minimum absolute atomic E-state index is 1.04. The zero-order chi connectivity index (χ0) is 8.81. The van der Waals surface area contributed by atoms with Gasteiger partial charge in [0.1, 0.15) is 0 Å². The SMILES string of the molecule is C[CH][SiH](Cc1ccccc1)OC. The topological polar surface area (TPSA) is 9.23 Å². The van der Waals surface area contributed by atoms with E-state index in [-0.39, 0.29) is 0 Å². The van der Waals surface area contributed by atoms with Crippen molar-refractivity contribution < 1.29 is 4.43 Å². The summed E-state index contributed by atoms with van der Waals surface area (Å²) in [5.74, 6) is 0. The van der Waals surface area contributed by atoms with E-state index >= 15 is 0 Å². The zero-order valence-electron chi connectivity index (χ0n) is 7.66. The first-order valence-corrected chi connectivity index (χ1v) is 6.18. The Kier molecular flexibility index (Phi) is 4.04. The fourth-order valence-corrected chi connectivity index (χ4v) is 2.59. The molecule has 1 unspecified atom stereocenters. The van der Waals surface area contributed by atoms with Crippen molar-refractivity contribution in [1.82, 2.24) is 0 Å². The summed E-state index contributed by atoms with van der Waals surface area (Å²) >= 11 is 0. The van der Waals surface area contributed by atoms with Crippen LogP contribution >= 0.6 is 0 Å². The normalized spacial score (nSPS) is 12.8. The quantitative estimate of drug-likeness (QED) is 0.641. The summed E-state index contributed by atoms with van der Waals surface area (Å²) < 4.78 is 5.39. The lowest BCUT2D eigenvalue weighted by molar-refractivity contribution is 0.424. The lowest BCUT2D eigenvalue weighted by atomic mass is 10.2. The Morgan fingerprint density at radius 1 is 1.33 bits per heavy atom. The second-order valence-electron chi connectivity index (χ2n) is 2.80. The van der Waals surface area contributed by atoms with Crippen molar-refractivity contribution in [3.63, 3.8) is 0 Å². The van der Waals surface area contributed by atoms with Crippen LogP contribution in [0.4, 0.5) is 0 Å². The van der Waals surface area contributed by atoms with Gasteiger partial charge in [-0.3, -0.25) is 0 Å². The van der Waals surface area contributed by atoms with Gasteiger partial charge in [-0.05, 0) is 17.7 Å². The predicted molar refractivity (Wildman–Crippen MR) is 54.3 cm³/mol. The largest absolute Gasteiger partial charge is 0.423 e. The van der Waals surface area contributed by atoms with Gasteiger partial charge in [0.05, 0.1) is 0 Å². The van der Waals surface area contributed by atoms with Gasteiger partial charge >= 0.3 is 0 Å². The smallest absolute Gasteiger partial charge is 0.183 e. The van der Waals surface area contributed by atoms with Crippen molar-refractivity contribution in [2.24, 2.45) is 0 Å². The highest BCUT2D eigenvalue weighted by molar-refractivity contribution is 6.55. The Morgan fingerprint density at radius 3 is 2.50 bits per heavy atom. The van der Waals surface area contributed by atoms with Gasteiger partial charge in [0.25, 0.3) is 0 Å². The van der Waals surface area contributed by atoms with Crippen LogP contribution in [-0.4, -0.2) is 16.2 Å². The van der Waals surface area contributed by atoms with Gasteiger partial charge in [-0.1, -0.05) is 37.3 Å². The van der Waals surface area contributed by atoms with E-state index in [4.69, 9.17) is 4.43 Å². The highest BCUT2D eigenvalue weighted by Crippen LogP contribution is 2.03. The van der Waals surface area contributed by atoms with Gasteiger partial charge in [0.15, 0.2) is 9.04 Å². The molecular weight excluding hydrogens is 164 g/mol. The van der Waals surface area contributed by atoms with Crippen molar-refractivity contribution in [3.8, 4) is 0 Å². The molecule has 1 rings (SSSR count). The summed E-state index contributed by atoms with van der Waals surface area (Å²) in [5, 5.41) is 0. The fourth-order valence-electron chi connectivity index (χ4n) is 1.18. The van der Waals surface area contributed by atoms with Gasteiger partial charge < -0.3 is 4.43 Å². The maximum atomic E-state index is 5.39. The standard InChI is InChI=1S/C10H15OSi/c1-3-12(11-2)9-10-7-5-4-6-8-10/h3-8,12H,9H2,1-2H3. The fraction of sp³-hybridized carbons (Fsp3) is 0.300. The van der Waals surface area contributed by atoms with E-state index in [0.717, 1.165) is 6.04 Å². The molecule has 1 aromatic carbocycles. The van der Waals surface area contributed by atoms with E-state index in [1.807, 2.05) is 6.07 Å². The highest BCUT2D eigenvalue weighted by Gasteiger charge is 2.07. The molecule has 0 heterocycles. The second kappa shape index (κ2) is 5.12. The summed E-state index contributed by atoms with van der Waals surface area (Å²) in [6, 6.07) is 13.8. The molecule has 12 heavy (non-hydrogen) atoms. The molecule has 0 aliphatic heterocycles. The Morgan fingerprint density at radius 2 is 2.00 bits per heavy atom. The highest BCUT2D eigenvalue weighted by atomic mass is 28.3. The Hall–Kier alpha value is -0.603. The minimum Gasteiger partial charge on any atom is -0.423 e. The molecular formula is C10H15OSi. The van der Waals surface area contributed by atoms with Gasteiger partial charge in [-0.15, -0.1) is 0 Å². The molecule has 1 aromatic rings. The molecule has 1 radical (unpaired) electrons. The Labute approximate surface area is 76.1 Å². The second-order valence-corrected chi connectivity index (χ2v) is 5.42. The summed E-state index contributed by atoms with van der Waals surface area (Å²) in [6.07, 6.45) is 0. The molecule has 65 valence electrons. The van der Waals surface area contributed by atoms with E-state index in [2.05, 4.69) is 37.2 Å². The van der Waals surface area contributed by atoms with Crippen molar-refractivity contribution in [3.05, 3.63) is 41.9 Å². The molecule has 2 heteroatoms. The maximum Gasteiger partial charge on any atom is 0.183 e. The average Bonchev–Trinajstić information content (AvgIpc) is 2.16.